The maximum atomic E-state index is 13.9. The summed E-state index contributed by atoms with van der Waals surface area (Å²) < 4.78 is 15.9. The zero-order valence-corrected chi connectivity index (χ0v) is 20.4. The number of rotatable bonds is 9. The first-order valence-electron chi connectivity index (χ1n) is 11.1. The predicted molar refractivity (Wildman–Crippen MR) is 137 cm³/mol. The van der Waals surface area contributed by atoms with E-state index < -0.39 is 0 Å². The summed E-state index contributed by atoms with van der Waals surface area (Å²) in [7, 11) is 0. The van der Waals surface area contributed by atoms with Gasteiger partial charge in [0.25, 0.3) is 5.56 Å². The van der Waals surface area contributed by atoms with Crippen LogP contribution in [0.1, 0.15) is 41.8 Å². The number of thiazole rings is 1. The molecule has 9 heteroatoms. The van der Waals surface area contributed by atoms with Crippen molar-refractivity contribution in [1.29, 1.82) is 0 Å². The fraction of sp³-hybridized carbons (Fsp3) is 0.280. The quantitative estimate of drug-likeness (QED) is 0.228. The molecule has 6 nitrogen and oxygen atoms in total. The molecule has 0 aliphatic heterocycles. The number of H-pyrrole nitrogens is 1. The summed E-state index contributed by atoms with van der Waals surface area (Å²) in [5.41, 5.74) is 2.04. The molecule has 0 fully saturated rings. The number of halogens is 1. The Morgan fingerprint density at radius 2 is 1.91 bits per heavy atom. The van der Waals surface area contributed by atoms with Crippen LogP contribution in [0.2, 0.25) is 0 Å². The van der Waals surface area contributed by atoms with Crippen molar-refractivity contribution >= 4 is 45.5 Å². The minimum absolute atomic E-state index is 0.0950. The molecule has 2 aromatic heterocycles. The number of aromatic amines is 1. The highest BCUT2D eigenvalue weighted by atomic mass is 32.1. The lowest BCUT2D eigenvalue weighted by Crippen LogP contribution is -2.22. The Morgan fingerprint density at radius 3 is 2.74 bits per heavy atom. The number of benzene rings is 2. The van der Waals surface area contributed by atoms with Gasteiger partial charge < -0.3 is 10.3 Å². The number of nitrogens with one attached hydrogen (secondary N) is 2. The van der Waals surface area contributed by atoms with Gasteiger partial charge >= 0.3 is 0 Å². The van der Waals surface area contributed by atoms with E-state index in [0.717, 1.165) is 28.9 Å². The zero-order chi connectivity index (χ0) is 24.1. The van der Waals surface area contributed by atoms with Gasteiger partial charge in [0.2, 0.25) is 5.91 Å². The van der Waals surface area contributed by atoms with Crippen LogP contribution < -0.4 is 10.9 Å². The van der Waals surface area contributed by atoms with E-state index in [2.05, 4.69) is 15.3 Å². The molecule has 176 valence electrons. The van der Waals surface area contributed by atoms with E-state index >= 15 is 0 Å². The molecule has 2 N–H and O–H groups in total. The minimum Gasteiger partial charge on any atom is -0.332 e. The highest BCUT2D eigenvalue weighted by Gasteiger charge is 2.13. The number of amides is 1. The van der Waals surface area contributed by atoms with Gasteiger partial charge in [-0.05, 0) is 55.7 Å². The van der Waals surface area contributed by atoms with Gasteiger partial charge in [0.05, 0.1) is 16.6 Å². The molecule has 0 radical (unpaired) electrons. The average Bonchev–Trinajstić information content (AvgIpc) is 3.15. The van der Waals surface area contributed by atoms with Crippen LogP contribution in [0.25, 0.3) is 10.9 Å². The predicted octanol–water partition coefficient (Wildman–Crippen LogP) is 5.75. The number of carbonyl (C=O) groups excluding carboxylic acids is 1. The SMILES string of the molecule is Cc1nc(NC(=O)CCCCCn2c(=S)[nH]c3ccccc3c2=O)sc1Cc1ccccc1F. The number of aromatic nitrogens is 3. The van der Waals surface area contributed by atoms with Crippen LogP contribution in [-0.2, 0) is 17.8 Å². The molecular formula is C25H25FN4O2S2. The molecule has 34 heavy (non-hydrogen) atoms. The first kappa shape index (κ1) is 24.0. The van der Waals surface area contributed by atoms with Gasteiger partial charge in [0.1, 0.15) is 5.82 Å². The summed E-state index contributed by atoms with van der Waals surface area (Å²) in [6, 6.07) is 14.0. The van der Waals surface area contributed by atoms with Crippen LogP contribution >= 0.6 is 23.6 Å². The number of nitrogens with zero attached hydrogens (tertiary/aromatic N) is 2. The Balaban J connectivity index is 1.25. The van der Waals surface area contributed by atoms with E-state index in [1.807, 2.05) is 31.2 Å². The summed E-state index contributed by atoms with van der Waals surface area (Å²) in [4.78, 5) is 33.5. The summed E-state index contributed by atoms with van der Waals surface area (Å²) in [6.45, 7) is 2.37. The molecule has 0 bridgehead atoms. The summed E-state index contributed by atoms with van der Waals surface area (Å²) in [5, 5.41) is 3.99. The van der Waals surface area contributed by atoms with Crippen LogP contribution in [0, 0.1) is 17.5 Å². The van der Waals surface area contributed by atoms with E-state index in [4.69, 9.17) is 12.2 Å². The van der Waals surface area contributed by atoms with Crippen molar-refractivity contribution < 1.29 is 9.18 Å². The lowest BCUT2D eigenvalue weighted by molar-refractivity contribution is -0.116. The fourth-order valence-electron chi connectivity index (χ4n) is 3.78. The molecule has 0 unspecified atom stereocenters. The number of fused-ring (bicyclic) bond motifs is 1. The maximum Gasteiger partial charge on any atom is 0.262 e. The van der Waals surface area contributed by atoms with Gasteiger partial charge in [-0.25, -0.2) is 9.37 Å². The fourth-order valence-corrected chi connectivity index (χ4v) is 5.06. The smallest absolute Gasteiger partial charge is 0.262 e. The third-order valence-corrected chi connectivity index (χ3v) is 7.02. The van der Waals surface area contributed by atoms with Gasteiger partial charge in [0.15, 0.2) is 9.90 Å². The maximum absolute atomic E-state index is 13.9. The van der Waals surface area contributed by atoms with Gasteiger partial charge in [-0.2, -0.15) is 0 Å². The van der Waals surface area contributed by atoms with Crippen LogP contribution in [-0.4, -0.2) is 20.4 Å². The van der Waals surface area contributed by atoms with E-state index in [9.17, 15) is 14.0 Å². The van der Waals surface area contributed by atoms with Gasteiger partial charge in [-0.1, -0.05) is 36.8 Å². The van der Waals surface area contributed by atoms with Crippen LogP contribution in [0.5, 0.6) is 0 Å². The van der Waals surface area contributed by atoms with Crippen molar-refractivity contribution in [3.63, 3.8) is 0 Å². The van der Waals surface area contributed by atoms with Crippen LogP contribution in [0.3, 0.4) is 0 Å². The Hall–Kier alpha value is -3.17. The van der Waals surface area contributed by atoms with Crippen molar-refractivity contribution in [2.75, 3.05) is 5.32 Å². The molecule has 0 aliphatic carbocycles. The highest BCUT2D eigenvalue weighted by Crippen LogP contribution is 2.26. The number of aryl methyl sites for hydroxylation is 1. The van der Waals surface area contributed by atoms with E-state index in [1.165, 1.54) is 17.4 Å². The molecule has 0 saturated heterocycles. The number of hydrogen-bond acceptors (Lipinski definition) is 5. The van der Waals surface area contributed by atoms with Crippen LogP contribution in [0.4, 0.5) is 9.52 Å². The number of para-hydroxylation sites is 1. The molecule has 1 amide bonds. The Morgan fingerprint density at radius 1 is 1.15 bits per heavy atom. The van der Waals surface area contributed by atoms with Crippen molar-refractivity contribution in [2.45, 2.75) is 45.6 Å². The molecule has 0 saturated carbocycles. The molecule has 4 aromatic rings. The van der Waals surface area contributed by atoms with E-state index in [-0.39, 0.29) is 17.3 Å². The molecule has 0 atom stereocenters. The summed E-state index contributed by atoms with van der Waals surface area (Å²) in [5.74, 6) is -0.348. The first-order valence-corrected chi connectivity index (χ1v) is 12.4. The Kier molecular flexibility index (Phi) is 7.64. The van der Waals surface area contributed by atoms with E-state index in [0.29, 0.717) is 46.7 Å². The molecule has 2 heterocycles. The second kappa shape index (κ2) is 10.8. The van der Waals surface area contributed by atoms with Gasteiger partial charge in [-0.3, -0.25) is 14.2 Å². The number of carbonyl (C=O) groups is 1. The molecule has 2 aromatic carbocycles. The lowest BCUT2D eigenvalue weighted by Gasteiger charge is -2.08. The van der Waals surface area contributed by atoms with E-state index in [1.54, 1.807) is 22.8 Å². The molecular weight excluding hydrogens is 471 g/mol. The normalized spacial score (nSPS) is 11.1. The molecule has 0 spiro atoms. The second-order valence-electron chi connectivity index (χ2n) is 8.09. The Bertz CT molecular complexity index is 1440. The topological polar surface area (TPSA) is 79.8 Å². The monoisotopic (exact) mass is 496 g/mol. The first-order chi connectivity index (χ1) is 16.4. The van der Waals surface area contributed by atoms with Crippen molar-refractivity contribution in [1.82, 2.24) is 14.5 Å². The number of unbranched alkanes of at least 4 members (excludes halogenated alkanes) is 2. The average molecular weight is 497 g/mol. The largest absolute Gasteiger partial charge is 0.332 e. The third kappa shape index (κ3) is 5.66. The molecule has 0 aliphatic rings. The minimum atomic E-state index is -0.243. The van der Waals surface area contributed by atoms with Crippen LogP contribution in [0.15, 0.2) is 53.3 Å². The lowest BCUT2D eigenvalue weighted by atomic mass is 10.1. The van der Waals surface area contributed by atoms with Crippen molar-refractivity contribution in [2.24, 2.45) is 0 Å². The number of hydrogen-bond donors (Lipinski definition) is 2. The second-order valence-corrected chi connectivity index (χ2v) is 9.56. The van der Waals surface area contributed by atoms with Crippen molar-refractivity contribution in [3.05, 3.63) is 85.6 Å². The Labute approximate surface area is 205 Å². The zero-order valence-electron chi connectivity index (χ0n) is 18.8. The standard InChI is InChI=1S/C25H25FN4O2S2/c1-16-21(15-17-9-4-6-11-19(17)26)34-24(27-16)29-22(31)13-3-2-8-14-30-23(32)18-10-5-7-12-20(18)28-25(30)33/h4-7,9-12H,2-3,8,13-15H2,1H3,(H,28,33)(H,27,29,31). The number of anilines is 1. The van der Waals surface area contributed by atoms with Crippen molar-refractivity contribution in [3.8, 4) is 0 Å². The molecule has 4 rings (SSSR count). The summed E-state index contributed by atoms with van der Waals surface area (Å²) in [6.07, 6.45) is 3.03. The van der Waals surface area contributed by atoms with Gasteiger partial charge in [-0.15, -0.1) is 11.3 Å². The van der Waals surface area contributed by atoms with Gasteiger partial charge in [0, 0.05) is 24.3 Å². The summed E-state index contributed by atoms with van der Waals surface area (Å²) >= 11 is 6.71. The highest BCUT2D eigenvalue weighted by molar-refractivity contribution is 7.71. The third-order valence-electron chi connectivity index (χ3n) is 5.62.